The van der Waals surface area contributed by atoms with Gasteiger partial charge in [-0.25, -0.2) is 9.97 Å². The summed E-state index contributed by atoms with van der Waals surface area (Å²) in [5, 5.41) is 14.8. The third-order valence-electron chi connectivity index (χ3n) is 3.49. The molecule has 4 aromatic heterocycles. The van der Waals surface area contributed by atoms with Gasteiger partial charge in [-0.15, -0.1) is 0 Å². The van der Waals surface area contributed by atoms with Crippen LogP contribution in [0.15, 0.2) is 36.8 Å². The van der Waals surface area contributed by atoms with E-state index in [2.05, 4.69) is 26.3 Å². The molecule has 0 saturated carbocycles. The molecule has 0 saturated heterocycles. The van der Waals surface area contributed by atoms with E-state index in [-0.39, 0.29) is 1.43 Å². The zero-order valence-electron chi connectivity index (χ0n) is 13.6. The maximum atomic E-state index is 8.84. The molecule has 0 spiro atoms. The highest BCUT2D eigenvalue weighted by Gasteiger charge is 2.10. The van der Waals surface area contributed by atoms with E-state index in [9.17, 15) is 0 Å². The Bertz CT molecular complexity index is 1050. The van der Waals surface area contributed by atoms with Gasteiger partial charge in [-0.05, 0) is 18.2 Å². The van der Waals surface area contributed by atoms with Crippen molar-refractivity contribution in [2.75, 3.05) is 5.32 Å². The number of nitrogens with one attached hydrogen (secondary N) is 1. The molecule has 122 valence electrons. The molecule has 4 rings (SSSR count). The maximum absolute atomic E-state index is 8.84. The lowest BCUT2D eigenvalue weighted by Gasteiger charge is -2.02. The first kappa shape index (κ1) is 15.9. The van der Waals surface area contributed by atoms with Crippen LogP contribution in [0, 0.1) is 11.3 Å². The molecule has 0 aliphatic carbocycles. The summed E-state index contributed by atoms with van der Waals surface area (Å²) in [6, 6.07) is 7.98. The molecular formula is C17H18N6S. The van der Waals surface area contributed by atoms with Gasteiger partial charge in [0.1, 0.15) is 22.4 Å². The average Bonchev–Trinajstić information content (AvgIpc) is 3.20. The van der Waals surface area contributed by atoms with Gasteiger partial charge < -0.3 is 9.88 Å². The fourth-order valence-corrected chi connectivity index (χ4v) is 3.10. The van der Waals surface area contributed by atoms with E-state index in [0.717, 1.165) is 21.9 Å². The van der Waals surface area contributed by atoms with E-state index in [4.69, 9.17) is 5.26 Å². The van der Waals surface area contributed by atoms with Gasteiger partial charge in [0.2, 0.25) is 0 Å². The molecule has 0 unspecified atom stereocenters. The lowest BCUT2D eigenvalue weighted by molar-refractivity contribution is 0.989. The van der Waals surface area contributed by atoms with Gasteiger partial charge in [0.25, 0.3) is 0 Å². The summed E-state index contributed by atoms with van der Waals surface area (Å²) in [6.45, 7) is 4.00. The second-order valence-corrected chi connectivity index (χ2v) is 5.82. The molecule has 0 fully saturated rings. The van der Waals surface area contributed by atoms with Gasteiger partial charge in [-0.1, -0.05) is 25.2 Å². The van der Waals surface area contributed by atoms with Gasteiger partial charge >= 0.3 is 0 Å². The molecule has 7 heteroatoms. The Kier molecular flexibility index (Phi) is 4.40. The topological polar surface area (TPSA) is 79.4 Å². The van der Waals surface area contributed by atoms with Crippen LogP contribution in [-0.2, 0) is 7.05 Å². The van der Waals surface area contributed by atoms with Crippen molar-refractivity contribution in [3.05, 3.63) is 41.7 Å². The Labute approximate surface area is 144 Å². The number of rotatable bonds is 2. The van der Waals surface area contributed by atoms with Crippen LogP contribution in [0.3, 0.4) is 0 Å². The third-order valence-corrected chi connectivity index (χ3v) is 4.31. The SMILES string of the molecule is CC.Cn1c2ccncc2c2ccc(Nc3ncc(C#N)s3)nc21.[HH]. The molecule has 0 aliphatic heterocycles. The standard InChI is InChI=1S/C15H10N6S.C2H6.H2/c1-21-12-4-5-17-8-11(12)10-2-3-13(19-14(10)21)20-15-18-7-9(6-16)22-15;1-2;/h2-5,7-8H,1H3,(H,18,19,20);1-2H3;1H. The number of aryl methyl sites for hydroxylation is 1. The zero-order valence-corrected chi connectivity index (χ0v) is 14.4. The highest BCUT2D eigenvalue weighted by atomic mass is 32.1. The van der Waals surface area contributed by atoms with Crippen LogP contribution in [0.2, 0.25) is 0 Å². The summed E-state index contributed by atoms with van der Waals surface area (Å²) < 4.78 is 2.04. The van der Waals surface area contributed by atoms with Gasteiger partial charge in [0, 0.05) is 31.6 Å². The number of hydrogen-bond acceptors (Lipinski definition) is 6. The van der Waals surface area contributed by atoms with Crippen molar-refractivity contribution in [2.24, 2.45) is 7.05 Å². The summed E-state index contributed by atoms with van der Waals surface area (Å²) in [5.41, 5.74) is 1.97. The fourth-order valence-electron chi connectivity index (χ4n) is 2.48. The summed E-state index contributed by atoms with van der Waals surface area (Å²) >= 11 is 1.30. The Balaban J connectivity index is 0.000000726. The Morgan fingerprint density at radius 3 is 2.79 bits per heavy atom. The number of nitriles is 1. The van der Waals surface area contributed by atoms with Crippen LogP contribution in [0.5, 0.6) is 0 Å². The summed E-state index contributed by atoms with van der Waals surface area (Å²) in [5.74, 6) is 0.699. The molecule has 24 heavy (non-hydrogen) atoms. The number of hydrogen-bond donors (Lipinski definition) is 1. The van der Waals surface area contributed by atoms with E-state index < -0.39 is 0 Å². The van der Waals surface area contributed by atoms with Crippen LogP contribution in [0.25, 0.3) is 21.9 Å². The quantitative estimate of drug-likeness (QED) is 0.583. The third kappa shape index (κ3) is 2.68. The molecule has 0 atom stereocenters. The summed E-state index contributed by atoms with van der Waals surface area (Å²) in [6.07, 6.45) is 5.18. The fraction of sp³-hybridized carbons (Fsp3) is 0.176. The van der Waals surface area contributed by atoms with Crippen molar-refractivity contribution in [1.82, 2.24) is 19.5 Å². The minimum atomic E-state index is 0. The van der Waals surface area contributed by atoms with Gasteiger partial charge in [-0.3, -0.25) is 4.98 Å². The summed E-state index contributed by atoms with van der Waals surface area (Å²) in [4.78, 5) is 13.6. The Morgan fingerprint density at radius 1 is 1.21 bits per heavy atom. The number of pyridine rings is 2. The van der Waals surface area contributed by atoms with Crippen molar-refractivity contribution >= 4 is 44.2 Å². The highest BCUT2D eigenvalue weighted by Crippen LogP contribution is 2.28. The minimum Gasteiger partial charge on any atom is -0.328 e. The average molecular weight is 338 g/mol. The van der Waals surface area contributed by atoms with E-state index in [1.54, 1.807) is 12.4 Å². The van der Waals surface area contributed by atoms with Crippen LogP contribution in [0.1, 0.15) is 20.2 Å². The first-order valence-corrected chi connectivity index (χ1v) is 8.40. The molecule has 0 aliphatic rings. The number of anilines is 2. The van der Waals surface area contributed by atoms with Crippen LogP contribution < -0.4 is 5.32 Å². The van der Waals surface area contributed by atoms with E-state index in [1.165, 1.54) is 11.3 Å². The van der Waals surface area contributed by atoms with Crippen molar-refractivity contribution in [3.63, 3.8) is 0 Å². The van der Waals surface area contributed by atoms with Gasteiger partial charge in [0.15, 0.2) is 5.13 Å². The lowest BCUT2D eigenvalue weighted by atomic mass is 10.2. The molecular weight excluding hydrogens is 320 g/mol. The second-order valence-electron chi connectivity index (χ2n) is 4.79. The number of nitrogens with zero attached hydrogens (tertiary/aromatic N) is 5. The predicted molar refractivity (Wildman–Crippen MR) is 99.6 cm³/mol. The Hall–Kier alpha value is -2.98. The first-order valence-electron chi connectivity index (χ1n) is 7.58. The van der Waals surface area contributed by atoms with Crippen LogP contribution in [-0.4, -0.2) is 19.5 Å². The van der Waals surface area contributed by atoms with E-state index in [0.29, 0.717) is 15.8 Å². The normalized spacial score (nSPS) is 10.2. The minimum absolute atomic E-state index is 0. The molecule has 1 N–H and O–H groups in total. The first-order chi connectivity index (χ1) is 11.8. The predicted octanol–water partition coefficient (Wildman–Crippen LogP) is 4.47. The maximum Gasteiger partial charge on any atom is 0.189 e. The molecule has 0 bridgehead atoms. The van der Waals surface area contributed by atoms with Gasteiger partial charge in [-0.2, -0.15) is 5.26 Å². The molecule has 4 heterocycles. The van der Waals surface area contributed by atoms with Crippen LogP contribution in [0.4, 0.5) is 10.9 Å². The monoisotopic (exact) mass is 338 g/mol. The largest absolute Gasteiger partial charge is 0.328 e. The number of fused-ring (bicyclic) bond motifs is 3. The number of thiazole rings is 1. The van der Waals surface area contributed by atoms with Crippen molar-refractivity contribution in [1.29, 1.82) is 5.26 Å². The van der Waals surface area contributed by atoms with Crippen molar-refractivity contribution in [2.45, 2.75) is 13.8 Å². The van der Waals surface area contributed by atoms with Crippen LogP contribution >= 0.6 is 11.3 Å². The molecule has 4 aromatic rings. The van der Waals surface area contributed by atoms with Crippen molar-refractivity contribution < 1.29 is 1.43 Å². The molecule has 0 radical (unpaired) electrons. The van der Waals surface area contributed by atoms with E-state index in [1.807, 2.05) is 49.9 Å². The lowest BCUT2D eigenvalue weighted by Crippen LogP contribution is -1.95. The molecule has 6 nitrogen and oxygen atoms in total. The van der Waals surface area contributed by atoms with Gasteiger partial charge in [0.05, 0.1) is 11.7 Å². The molecule has 0 amide bonds. The Morgan fingerprint density at radius 2 is 2.04 bits per heavy atom. The van der Waals surface area contributed by atoms with Crippen molar-refractivity contribution in [3.8, 4) is 6.07 Å². The summed E-state index contributed by atoms with van der Waals surface area (Å²) in [7, 11) is 1.98. The smallest absolute Gasteiger partial charge is 0.189 e. The van der Waals surface area contributed by atoms with E-state index >= 15 is 0 Å². The molecule has 0 aromatic carbocycles. The second kappa shape index (κ2) is 6.64. The zero-order chi connectivity index (χ0) is 17.1. The number of aromatic nitrogens is 4. The highest BCUT2D eigenvalue weighted by molar-refractivity contribution is 7.16.